The van der Waals surface area contributed by atoms with Crippen molar-refractivity contribution < 1.29 is 13.2 Å². The van der Waals surface area contributed by atoms with Crippen LogP contribution in [-0.4, -0.2) is 37.3 Å². The number of pyridine rings is 1. The minimum Gasteiger partial charge on any atom is -0.377 e. The minimum absolute atomic E-state index is 0.244. The first kappa shape index (κ1) is 22.7. The SMILES string of the molecule is CCOC1CCCCC1S(=O)(=O)c1ccc(CN=C(NC#N)Nc2ccncc2)cc1. The molecule has 1 fully saturated rings. The summed E-state index contributed by atoms with van der Waals surface area (Å²) < 4.78 is 32.1. The van der Waals surface area contributed by atoms with Crippen molar-refractivity contribution in [1.82, 2.24) is 10.3 Å². The number of nitriles is 1. The third kappa shape index (κ3) is 6.03. The molecule has 3 rings (SSSR count). The Bertz CT molecular complexity index is 1020. The van der Waals surface area contributed by atoms with Crippen molar-refractivity contribution in [2.75, 3.05) is 11.9 Å². The maximum atomic E-state index is 13.2. The standard InChI is InChI=1S/C22H27N5O3S/c1-2-30-20-5-3-4-6-21(20)31(28,29)19-9-7-17(8-10-19)15-25-22(26-16-23)27-18-11-13-24-14-12-18/h7-14,20-21H,2-6,15H2,1H3,(H2,24,25,26,27). The zero-order chi connectivity index (χ0) is 22.1. The molecule has 2 atom stereocenters. The summed E-state index contributed by atoms with van der Waals surface area (Å²) in [5, 5.41) is 14.0. The van der Waals surface area contributed by atoms with Gasteiger partial charge in [-0.1, -0.05) is 25.0 Å². The Hall–Kier alpha value is -2.96. The second kappa shape index (κ2) is 10.9. The normalized spacial score (nSPS) is 19.4. The number of anilines is 1. The van der Waals surface area contributed by atoms with Crippen LogP contribution < -0.4 is 10.6 Å². The van der Waals surface area contributed by atoms with Gasteiger partial charge in [-0.2, -0.15) is 5.26 Å². The second-order valence-electron chi connectivity index (χ2n) is 7.27. The number of nitrogens with one attached hydrogen (secondary N) is 2. The molecule has 1 aromatic heterocycles. The monoisotopic (exact) mass is 441 g/mol. The van der Waals surface area contributed by atoms with Gasteiger partial charge in [-0.25, -0.2) is 13.4 Å². The molecule has 1 aliphatic carbocycles. The topological polar surface area (TPSA) is 116 Å². The van der Waals surface area contributed by atoms with Crippen LogP contribution in [0.25, 0.3) is 0 Å². The molecule has 1 aliphatic rings. The van der Waals surface area contributed by atoms with E-state index in [2.05, 4.69) is 20.6 Å². The highest BCUT2D eigenvalue weighted by molar-refractivity contribution is 7.92. The Morgan fingerprint density at radius 1 is 1.19 bits per heavy atom. The van der Waals surface area contributed by atoms with Crippen molar-refractivity contribution in [3.05, 3.63) is 54.4 Å². The largest absolute Gasteiger partial charge is 0.377 e. The summed E-state index contributed by atoms with van der Waals surface area (Å²) in [6.45, 7) is 2.69. The smallest absolute Gasteiger partial charge is 0.209 e. The fourth-order valence-corrected chi connectivity index (χ4v) is 5.64. The van der Waals surface area contributed by atoms with E-state index in [1.54, 1.807) is 48.8 Å². The van der Waals surface area contributed by atoms with E-state index in [0.29, 0.717) is 23.9 Å². The molecular weight excluding hydrogens is 414 g/mol. The number of ether oxygens (including phenoxy) is 1. The summed E-state index contributed by atoms with van der Waals surface area (Å²) in [5.74, 6) is 0.298. The van der Waals surface area contributed by atoms with Crippen molar-refractivity contribution >= 4 is 21.5 Å². The Morgan fingerprint density at radius 3 is 2.58 bits per heavy atom. The number of benzene rings is 1. The Labute approximate surface area is 183 Å². The first-order valence-electron chi connectivity index (χ1n) is 10.4. The van der Waals surface area contributed by atoms with Crippen molar-refractivity contribution in [3.8, 4) is 6.19 Å². The summed E-state index contributed by atoms with van der Waals surface area (Å²) in [6.07, 6.45) is 8.19. The average Bonchev–Trinajstić information content (AvgIpc) is 2.79. The molecule has 9 heteroatoms. The molecule has 1 aromatic carbocycles. The highest BCUT2D eigenvalue weighted by Gasteiger charge is 2.37. The highest BCUT2D eigenvalue weighted by Crippen LogP contribution is 2.31. The van der Waals surface area contributed by atoms with Gasteiger partial charge in [0, 0.05) is 24.7 Å². The first-order chi connectivity index (χ1) is 15.0. The van der Waals surface area contributed by atoms with E-state index in [4.69, 9.17) is 10.00 Å². The number of aromatic nitrogens is 1. The lowest BCUT2D eigenvalue weighted by molar-refractivity contribution is 0.0395. The molecule has 0 amide bonds. The molecular formula is C22H27N5O3S. The summed E-state index contributed by atoms with van der Waals surface area (Å²) in [5.41, 5.74) is 1.58. The molecule has 164 valence electrons. The summed E-state index contributed by atoms with van der Waals surface area (Å²) in [4.78, 5) is 8.63. The van der Waals surface area contributed by atoms with Crippen LogP contribution in [0, 0.1) is 11.5 Å². The molecule has 0 bridgehead atoms. The van der Waals surface area contributed by atoms with E-state index in [1.165, 1.54) is 0 Å². The highest BCUT2D eigenvalue weighted by atomic mass is 32.2. The summed E-state index contributed by atoms with van der Waals surface area (Å²) in [6, 6.07) is 10.3. The van der Waals surface area contributed by atoms with Gasteiger partial charge in [0.2, 0.25) is 5.96 Å². The molecule has 31 heavy (non-hydrogen) atoms. The number of hydrogen-bond donors (Lipinski definition) is 2. The number of hydrogen-bond acceptors (Lipinski definition) is 6. The molecule has 0 saturated heterocycles. The van der Waals surface area contributed by atoms with Gasteiger partial charge >= 0.3 is 0 Å². The first-order valence-corrected chi connectivity index (χ1v) is 11.9. The van der Waals surface area contributed by atoms with E-state index in [9.17, 15) is 8.42 Å². The summed E-state index contributed by atoms with van der Waals surface area (Å²) >= 11 is 0. The van der Waals surface area contributed by atoms with Crippen molar-refractivity contribution in [3.63, 3.8) is 0 Å². The second-order valence-corrected chi connectivity index (χ2v) is 9.44. The number of guanidine groups is 1. The van der Waals surface area contributed by atoms with Crippen LogP contribution in [0.1, 0.15) is 38.2 Å². The fourth-order valence-electron chi connectivity index (χ4n) is 3.69. The molecule has 2 N–H and O–H groups in total. The van der Waals surface area contributed by atoms with E-state index in [1.807, 2.05) is 13.1 Å². The molecule has 8 nitrogen and oxygen atoms in total. The van der Waals surface area contributed by atoms with Gasteiger partial charge in [0.05, 0.1) is 22.8 Å². The molecule has 0 aliphatic heterocycles. The maximum absolute atomic E-state index is 13.2. The van der Waals surface area contributed by atoms with Gasteiger partial charge in [-0.3, -0.25) is 10.3 Å². The Balaban J connectivity index is 1.71. The van der Waals surface area contributed by atoms with Crippen LogP contribution in [0.4, 0.5) is 5.69 Å². The lowest BCUT2D eigenvalue weighted by atomic mass is 9.97. The number of aliphatic imine (C=N–C) groups is 1. The van der Waals surface area contributed by atoms with E-state index < -0.39 is 15.1 Å². The van der Waals surface area contributed by atoms with Crippen LogP contribution in [0.5, 0.6) is 0 Å². The maximum Gasteiger partial charge on any atom is 0.209 e. The van der Waals surface area contributed by atoms with Crippen LogP contribution in [-0.2, 0) is 21.1 Å². The summed E-state index contributed by atoms with van der Waals surface area (Å²) in [7, 11) is -3.47. The molecule has 1 saturated carbocycles. The molecule has 0 spiro atoms. The molecule has 2 unspecified atom stereocenters. The van der Waals surface area contributed by atoms with E-state index in [-0.39, 0.29) is 12.6 Å². The van der Waals surface area contributed by atoms with Crippen molar-refractivity contribution in [2.45, 2.75) is 55.4 Å². The molecule has 2 aromatic rings. The van der Waals surface area contributed by atoms with E-state index >= 15 is 0 Å². The zero-order valence-corrected chi connectivity index (χ0v) is 18.3. The third-order valence-corrected chi connectivity index (χ3v) is 7.48. The van der Waals surface area contributed by atoms with Crippen molar-refractivity contribution in [2.24, 2.45) is 4.99 Å². The molecule has 0 radical (unpaired) electrons. The quantitative estimate of drug-likeness (QED) is 0.293. The Kier molecular flexibility index (Phi) is 7.98. The van der Waals surface area contributed by atoms with Gasteiger partial charge in [0.15, 0.2) is 16.0 Å². The van der Waals surface area contributed by atoms with Gasteiger partial charge in [-0.15, -0.1) is 0 Å². The Morgan fingerprint density at radius 2 is 1.90 bits per heavy atom. The average molecular weight is 442 g/mol. The predicted molar refractivity (Wildman–Crippen MR) is 119 cm³/mol. The van der Waals surface area contributed by atoms with E-state index in [0.717, 1.165) is 30.5 Å². The van der Waals surface area contributed by atoms with Crippen molar-refractivity contribution in [1.29, 1.82) is 5.26 Å². The molecule has 1 heterocycles. The van der Waals surface area contributed by atoms with Gasteiger partial charge < -0.3 is 10.1 Å². The zero-order valence-electron chi connectivity index (χ0n) is 17.5. The van der Waals surface area contributed by atoms with Crippen LogP contribution in [0.2, 0.25) is 0 Å². The minimum atomic E-state index is -3.47. The lowest BCUT2D eigenvalue weighted by Crippen LogP contribution is -2.38. The van der Waals surface area contributed by atoms with Gasteiger partial charge in [0.1, 0.15) is 0 Å². The number of rotatable bonds is 7. The van der Waals surface area contributed by atoms with Crippen LogP contribution >= 0.6 is 0 Å². The predicted octanol–water partition coefficient (Wildman–Crippen LogP) is 3.24. The van der Waals surface area contributed by atoms with Gasteiger partial charge in [-0.05, 0) is 49.6 Å². The number of sulfone groups is 1. The van der Waals surface area contributed by atoms with Crippen LogP contribution in [0.3, 0.4) is 0 Å². The third-order valence-electron chi connectivity index (χ3n) is 5.21. The fraction of sp³-hybridized carbons (Fsp3) is 0.409. The lowest BCUT2D eigenvalue weighted by Gasteiger charge is -2.30. The number of nitrogens with zero attached hydrogens (tertiary/aromatic N) is 3. The van der Waals surface area contributed by atoms with Gasteiger partial charge in [0.25, 0.3) is 0 Å². The van der Waals surface area contributed by atoms with Crippen LogP contribution in [0.15, 0.2) is 58.7 Å².